The average molecular weight is 323 g/mol. The van der Waals surface area contributed by atoms with E-state index < -0.39 is 0 Å². The van der Waals surface area contributed by atoms with Crippen LogP contribution in [0.2, 0.25) is 0 Å². The molecule has 0 aliphatic heterocycles. The predicted octanol–water partition coefficient (Wildman–Crippen LogP) is 4.24. The number of nitrogens with two attached hydrogens (primary N) is 3. The maximum absolute atomic E-state index is 5.82. The summed E-state index contributed by atoms with van der Waals surface area (Å²) in [5.41, 5.74) is 20.0. The van der Waals surface area contributed by atoms with Crippen LogP contribution in [0.4, 0.5) is 11.4 Å². The van der Waals surface area contributed by atoms with Crippen LogP contribution in [0.1, 0.15) is 0 Å². The zero-order valence-electron chi connectivity index (χ0n) is 13.1. The van der Waals surface area contributed by atoms with Crippen molar-refractivity contribution < 1.29 is 0 Å². The molecule has 23 heavy (non-hydrogen) atoms. The van der Waals surface area contributed by atoms with Gasteiger partial charge in [-0.1, -0.05) is 54.2 Å². The Kier molecular flexibility index (Phi) is 6.09. The minimum Gasteiger partial charge on any atom is -0.399 e. The number of nitrogen functional groups attached to an aromatic ring is 2. The monoisotopic (exact) mass is 323 g/mol. The maximum atomic E-state index is 5.82. The lowest BCUT2D eigenvalue weighted by Gasteiger charge is -2.06. The molecule has 0 heterocycles. The summed E-state index contributed by atoms with van der Waals surface area (Å²) in [5.74, 6) is 0. The Morgan fingerprint density at radius 3 is 1.70 bits per heavy atom. The number of benzene rings is 3. The number of anilines is 2. The van der Waals surface area contributed by atoms with Crippen LogP contribution in [-0.2, 0) is 0 Å². The van der Waals surface area contributed by atoms with Gasteiger partial charge in [0.15, 0.2) is 0 Å². The molecule has 3 aromatic carbocycles. The summed E-state index contributed by atoms with van der Waals surface area (Å²) < 4.78 is 0. The molecule has 0 spiro atoms. The first-order valence-corrected chi connectivity index (χ1v) is 8.09. The van der Waals surface area contributed by atoms with Crippen molar-refractivity contribution in [2.24, 2.45) is 5.73 Å². The molecule has 0 saturated heterocycles. The minimum absolute atomic E-state index is 0.693. The molecular formula is C19H21N3S. The van der Waals surface area contributed by atoms with Gasteiger partial charge in [-0.25, -0.2) is 0 Å². The summed E-state index contributed by atoms with van der Waals surface area (Å²) in [6.45, 7) is 0. The molecular weight excluding hydrogens is 302 g/mol. The summed E-state index contributed by atoms with van der Waals surface area (Å²) in [6.07, 6.45) is 0. The first-order chi connectivity index (χ1) is 11.2. The summed E-state index contributed by atoms with van der Waals surface area (Å²) in [7, 11) is 1.50. The van der Waals surface area contributed by atoms with Crippen molar-refractivity contribution in [2.75, 3.05) is 18.5 Å². The summed E-state index contributed by atoms with van der Waals surface area (Å²) >= 11 is 1.66. The third kappa shape index (κ3) is 4.77. The van der Waals surface area contributed by atoms with E-state index in [1.54, 1.807) is 17.8 Å². The van der Waals surface area contributed by atoms with E-state index in [0.717, 1.165) is 4.90 Å². The van der Waals surface area contributed by atoms with Crippen molar-refractivity contribution in [1.29, 1.82) is 0 Å². The molecule has 3 rings (SSSR count). The Morgan fingerprint density at radius 1 is 0.609 bits per heavy atom. The van der Waals surface area contributed by atoms with Gasteiger partial charge < -0.3 is 17.2 Å². The summed E-state index contributed by atoms with van der Waals surface area (Å²) in [6, 6.07) is 24.5. The Hall–Kier alpha value is -2.43. The molecule has 0 unspecified atom stereocenters. The second-order valence-corrected chi connectivity index (χ2v) is 5.97. The van der Waals surface area contributed by atoms with E-state index in [-0.39, 0.29) is 0 Å². The normalized spacial score (nSPS) is 9.83. The lowest BCUT2D eigenvalue weighted by molar-refractivity contribution is 1.41. The number of hydrogen-bond donors (Lipinski definition) is 3. The highest BCUT2D eigenvalue weighted by atomic mass is 32.2. The molecule has 0 amide bonds. The molecule has 0 aliphatic rings. The third-order valence-corrected chi connectivity index (χ3v) is 4.13. The van der Waals surface area contributed by atoms with Gasteiger partial charge in [0, 0.05) is 21.2 Å². The van der Waals surface area contributed by atoms with Gasteiger partial charge in [0.25, 0.3) is 0 Å². The van der Waals surface area contributed by atoms with Gasteiger partial charge in [0.2, 0.25) is 0 Å². The van der Waals surface area contributed by atoms with Crippen molar-refractivity contribution in [2.45, 2.75) is 9.79 Å². The van der Waals surface area contributed by atoms with E-state index in [9.17, 15) is 0 Å². The molecule has 0 saturated carbocycles. The van der Waals surface area contributed by atoms with Crippen LogP contribution in [0.5, 0.6) is 0 Å². The van der Waals surface area contributed by atoms with Crippen LogP contribution >= 0.6 is 11.8 Å². The van der Waals surface area contributed by atoms with E-state index in [2.05, 4.69) is 42.1 Å². The van der Waals surface area contributed by atoms with Gasteiger partial charge in [-0.15, -0.1) is 0 Å². The molecule has 0 aromatic heterocycles. The average Bonchev–Trinajstić information content (AvgIpc) is 2.57. The van der Waals surface area contributed by atoms with Gasteiger partial charge in [-0.05, 0) is 48.5 Å². The molecule has 3 aromatic rings. The molecule has 0 bridgehead atoms. The highest BCUT2D eigenvalue weighted by Gasteiger charge is 2.01. The summed E-state index contributed by atoms with van der Waals surface area (Å²) in [5, 5.41) is 0. The summed E-state index contributed by atoms with van der Waals surface area (Å²) in [4.78, 5) is 2.22. The molecule has 0 aliphatic carbocycles. The fourth-order valence-corrected chi connectivity index (χ4v) is 3.12. The zero-order valence-corrected chi connectivity index (χ0v) is 13.9. The zero-order chi connectivity index (χ0) is 16.7. The van der Waals surface area contributed by atoms with Crippen LogP contribution in [0.15, 0.2) is 82.6 Å². The van der Waals surface area contributed by atoms with E-state index in [0.29, 0.717) is 11.4 Å². The lowest BCUT2D eigenvalue weighted by Crippen LogP contribution is -1.90. The fourth-order valence-electron chi connectivity index (χ4n) is 2.19. The number of rotatable bonds is 3. The van der Waals surface area contributed by atoms with Gasteiger partial charge in [-0.2, -0.15) is 0 Å². The molecule has 0 atom stereocenters. The highest BCUT2D eigenvalue weighted by Crippen LogP contribution is 2.32. The van der Waals surface area contributed by atoms with Crippen molar-refractivity contribution in [3.8, 4) is 11.1 Å². The minimum atomic E-state index is 0.693. The first-order valence-electron chi connectivity index (χ1n) is 7.28. The Labute approximate surface area is 141 Å². The predicted molar refractivity (Wildman–Crippen MR) is 101 cm³/mol. The van der Waals surface area contributed by atoms with Crippen molar-refractivity contribution >= 4 is 23.1 Å². The third-order valence-electron chi connectivity index (χ3n) is 3.15. The van der Waals surface area contributed by atoms with Gasteiger partial charge in [0.05, 0.1) is 0 Å². The smallest absolute Gasteiger partial charge is 0.0346 e. The topological polar surface area (TPSA) is 78.1 Å². The second-order valence-electron chi connectivity index (χ2n) is 4.83. The van der Waals surface area contributed by atoms with E-state index in [4.69, 9.17) is 11.5 Å². The molecule has 4 heteroatoms. The lowest BCUT2D eigenvalue weighted by atomic mass is 10.1. The molecule has 3 nitrogen and oxygen atoms in total. The molecule has 0 fully saturated rings. The van der Waals surface area contributed by atoms with Crippen LogP contribution < -0.4 is 17.2 Å². The van der Waals surface area contributed by atoms with Crippen LogP contribution in [0.3, 0.4) is 0 Å². The Morgan fingerprint density at radius 2 is 1.13 bits per heavy atom. The van der Waals surface area contributed by atoms with Crippen LogP contribution in [0.25, 0.3) is 11.1 Å². The van der Waals surface area contributed by atoms with E-state index >= 15 is 0 Å². The van der Waals surface area contributed by atoms with Crippen molar-refractivity contribution in [3.63, 3.8) is 0 Å². The quantitative estimate of drug-likeness (QED) is 0.630. The number of hydrogen-bond acceptors (Lipinski definition) is 4. The highest BCUT2D eigenvalue weighted by molar-refractivity contribution is 7.99. The van der Waals surface area contributed by atoms with Crippen LogP contribution in [0, 0.1) is 0 Å². The van der Waals surface area contributed by atoms with Gasteiger partial charge >= 0.3 is 0 Å². The molecule has 0 radical (unpaired) electrons. The first kappa shape index (κ1) is 16.9. The van der Waals surface area contributed by atoms with Gasteiger partial charge in [-0.3, -0.25) is 0 Å². The standard InChI is InChI=1S/C18H16N2S.CH5N/c19-15-10-16(20)12-18(11-15)21-17-8-6-14(7-9-17)13-4-2-1-3-5-13;1-2/h1-12H,19-20H2;2H2,1H3. The van der Waals surface area contributed by atoms with E-state index in [1.807, 2.05) is 30.3 Å². The largest absolute Gasteiger partial charge is 0.399 e. The van der Waals surface area contributed by atoms with Crippen molar-refractivity contribution in [1.82, 2.24) is 0 Å². The maximum Gasteiger partial charge on any atom is 0.0346 e. The van der Waals surface area contributed by atoms with Crippen LogP contribution in [-0.4, -0.2) is 7.05 Å². The SMILES string of the molecule is CN.Nc1cc(N)cc(Sc2ccc(-c3ccccc3)cc2)c1. The Bertz CT molecular complexity index is 720. The molecule has 6 N–H and O–H groups in total. The molecule has 118 valence electrons. The Balaban J connectivity index is 0.000000924. The van der Waals surface area contributed by atoms with Gasteiger partial charge in [0.1, 0.15) is 0 Å². The van der Waals surface area contributed by atoms with Crippen molar-refractivity contribution in [3.05, 3.63) is 72.8 Å². The van der Waals surface area contributed by atoms with E-state index in [1.165, 1.54) is 23.1 Å². The second kappa shape index (κ2) is 8.27. The fraction of sp³-hybridized carbons (Fsp3) is 0.0526.